The van der Waals surface area contributed by atoms with E-state index in [9.17, 15) is 29.4 Å². The summed E-state index contributed by atoms with van der Waals surface area (Å²) >= 11 is 0. The predicted octanol–water partition coefficient (Wildman–Crippen LogP) is 5.18. The van der Waals surface area contributed by atoms with E-state index in [1.807, 2.05) is 58.9 Å². The number of aromatic nitrogens is 2. The number of methoxy groups -OCH3 is 2. The van der Waals surface area contributed by atoms with E-state index >= 15 is 0 Å². The molecule has 3 aliphatic rings. The number of carbonyl (C=O) groups is 4. The number of nitrogens with zero attached hydrogens (tertiary/aromatic N) is 5. The van der Waals surface area contributed by atoms with Gasteiger partial charge in [0.05, 0.1) is 43.3 Å². The number of aryl methyl sites for hydroxylation is 1. The van der Waals surface area contributed by atoms with Gasteiger partial charge in [-0.05, 0) is 91.3 Å². The number of hydrazine groups is 1. The molecule has 0 radical (unpaired) electrons. The van der Waals surface area contributed by atoms with Crippen molar-refractivity contribution in [3.63, 3.8) is 0 Å². The van der Waals surface area contributed by atoms with E-state index in [2.05, 4.69) is 34.4 Å². The molecule has 4 aromatic rings. The first-order valence-corrected chi connectivity index (χ1v) is 22.2. The molecule has 7 rings (SSSR count). The highest BCUT2D eigenvalue weighted by Gasteiger charge is 2.46. The van der Waals surface area contributed by atoms with Gasteiger partial charge >= 0.3 is 12.0 Å². The lowest BCUT2D eigenvalue weighted by Crippen LogP contribution is -2.67. The Bertz CT molecular complexity index is 2410. The van der Waals surface area contributed by atoms with Crippen LogP contribution in [0.4, 0.5) is 4.79 Å². The number of benzene rings is 2. The third kappa shape index (κ3) is 9.19. The Morgan fingerprint density at radius 2 is 1.83 bits per heavy atom. The molecule has 344 valence electrons. The molecule has 4 atom stereocenters. The number of urea groups is 1. The van der Waals surface area contributed by atoms with E-state index in [-0.39, 0.29) is 62.3 Å². The summed E-state index contributed by atoms with van der Waals surface area (Å²) in [6.45, 7) is 13.2. The number of nitrogens with one attached hydrogen (secondary N) is 2. The van der Waals surface area contributed by atoms with Gasteiger partial charge in [0.25, 0.3) is 5.91 Å². The fourth-order valence-corrected chi connectivity index (χ4v) is 9.37. The molecule has 5 heterocycles. The van der Waals surface area contributed by atoms with Gasteiger partial charge in [0.1, 0.15) is 17.8 Å². The topological polar surface area (TPSA) is 188 Å². The maximum Gasteiger partial charge on any atom is 0.355 e. The summed E-state index contributed by atoms with van der Waals surface area (Å²) in [6.07, 6.45) is 1.99. The van der Waals surface area contributed by atoms with E-state index in [0.717, 1.165) is 44.0 Å². The first-order chi connectivity index (χ1) is 30.4. The number of rotatable bonds is 9. The minimum atomic E-state index is -2.24. The number of esters is 1. The number of aliphatic hydroxyl groups is 1. The van der Waals surface area contributed by atoms with Crippen LogP contribution >= 0.6 is 0 Å². The molecule has 0 saturated carbocycles. The Labute approximate surface area is 374 Å². The number of fused-ring (bicyclic) bond motifs is 6. The van der Waals surface area contributed by atoms with Crippen LogP contribution in [0.3, 0.4) is 0 Å². The van der Waals surface area contributed by atoms with Crippen molar-refractivity contribution < 1.29 is 43.6 Å². The molecule has 0 aliphatic carbocycles. The summed E-state index contributed by atoms with van der Waals surface area (Å²) in [5.74, 6) is -2.49. The zero-order chi connectivity index (χ0) is 46.2. The van der Waals surface area contributed by atoms with Gasteiger partial charge in [-0.15, -0.1) is 0 Å². The van der Waals surface area contributed by atoms with E-state index in [0.29, 0.717) is 37.2 Å². The van der Waals surface area contributed by atoms with Gasteiger partial charge in [-0.1, -0.05) is 39.8 Å². The number of aromatic hydroxyl groups is 1. The molecular weight excluding hydrogens is 819 g/mol. The molecule has 4 N–H and O–H groups in total. The summed E-state index contributed by atoms with van der Waals surface area (Å²) in [7, 11) is 4.81. The molecule has 16 heteroatoms. The van der Waals surface area contributed by atoms with Crippen molar-refractivity contribution in [3.05, 3.63) is 71.5 Å². The van der Waals surface area contributed by atoms with Crippen LogP contribution in [-0.2, 0) is 48.0 Å². The van der Waals surface area contributed by atoms with Crippen LogP contribution < -0.4 is 10.7 Å². The molecule has 2 fully saturated rings. The van der Waals surface area contributed by atoms with E-state index in [1.165, 1.54) is 4.90 Å². The molecule has 6 bridgehead atoms. The van der Waals surface area contributed by atoms with Gasteiger partial charge in [-0.2, -0.15) is 5.43 Å². The second kappa shape index (κ2) is 18.5. The van der Waals surface area contributed by atoms with Gasteiger partial charge in [-0.25, -0.2) is 9.59 Å². The number of amides is 4. The van der Waals surface area contributed by atoms with Crippen LogP contribution in [0.2, 0.25) is 0 Å². The summed E-state index contributed by atoms with van der Waals surface area (Å²) in [5.41, 5.74) is 6.53. The van der Waals surface area contributed by atoms with Crippen molar-refractivity contribution in [2.75, 3.05) is 47.5 Å². The van der Waals surface area contributed by atoms with Crippen molar-refractivity contribution in [3.8, 4) is 28.1 Å². The maximum atomic E-state index is 14.7. The summed E-state index contributed by atoms with van der Waals surface area (Å²) in [4.78, 5) is 64.3. The predicted molar refractivity (Wildman–Crippen MR) is 241 cm³/mol. The first kappa shape index (κ1) is 46.4. The van der Waals surface area contributed by atoms with Crippen LogP contribution in [0.15, 0.2) is 54.7 Å². The molecule has 4 amide bonds. The number of hydrogen-bond donors (Lipinski definition) is 4. The first-order valence-electron chi connectivity index (χ1n) is 22.2. The Hall–Kier alpha value is -5.55. The van der Waals surface area contributed by atoms with E-state index < -0.39 is 41.0 Å². The Morgan fingerprint density at radius 3 is 2.52 bits per heavy atom. The summed E-state index contributed by atoms with van der Waals surface area (Å²) in [6, 6.07) is 12.7. The van der Waals surface area contributed by atoms with Crippen LogP contribution in [0.25, 0.3) is 33.3 Å². The highest BCUT2D eigenvalue weighted by Crippen LogP contribution is 2.42. The Balaban J connectivity index is 1.35. The highest BCUT2D eigenvalue weighted by atomic mass is 16.6. The standard InChI is InChI=1S/C48H63N7O9/c1-10-54-39-15-14-31-23-36(39)37(42(54)35-13-11-17-49-40(35)29(4)62-8)24-47(5,6)27-64-45(59)48(61)16-12-18-55(51-48)44(58)38(21-30-19-32(31)22-33(56)20-30)50-43(57)41(28(2)3)52(7)46(60)53-25-34(26-53)63-9/h11,13-15,17,19-20,22-23,28-29,34,38,41,51,56,61H,10,12,16,18,21,24-27H2,1-9H3,(H,50,57)/t29-,38-,41-,48-/m0/s1. The molecule has 64 heavy (non-hydrogen) atoms. The second-order valence-corrected chi connectivity index (χ2v) is 18.6. The third-order valence-corrected chi connectivity index (χ3v) is 12.8. The highest BCUT2D eigenvalue weighted by molar-refractivity contribution is 5.96. The number of likely N-dealkylation sites (N-methyl/N-ethyl adjacent to an activating group) is 1. The number of ether oxygens (including phenoxy) is 3. The number of pyridine rings is 1. The molecule has 0 spiro atoms. The average molecular weight is 882 g/mol. The van der Waals surface area contributed by atoms with Gasteiger partial charge in [0.2, 0.25) is 11.6 Å². The fourth-order valence-electron chi connectivity index (χ4n) is 9.37. The minimum absolute atomic E-state index is 0.0237. The Kier molecular flexibility index (Phi) is 13.4. The van der Waals surface area contributed by atoms with Gasteiger partial charge in [0.15, 0.2) is 0 Å². The lowest BCUT2D eigenvalue weighted by atomic mass is 9.84. The van der Waals surface area contributed by atoms with Gasteiger partial charge in [0, 0.05) is 75.3 Å². The number of cyclic esters (lactones) is 1. The van der Waals surface area contributed by atoms with Crippen molar-refractivity contribution in [1.82, 2.24) is 35.1 Å². The van der Waals surface area contributed by atoms with Crippen LogP contribution in [0.5, 0.6) is 5.75 Å². The van der Waals surface area contributed by atoms with Crippen molar-refractivity contribution >= 4 is 34.7 Å². The molecule has 16 nitrogen and oxygen atoms in total. The molecule has 2 aromatic carbocycles. The largest absolute Gasteiger partial charge is 0.508 e. The zero-order valence-electron chi connectivity index (χ0n) is 38.4. The number of likely N-dealkylation sites (tertiary alicyclic amines) is 1. The van der Waals surface area contributed by atoms with E-state index in [1.54, 1.807) is 44.5 Å². The zero-order valence-corrected chi connectivity index (χ0v) is 38.4. The Morgan fingerprint density at radius 1 is 1.08 bits per heavy atom. The normalized spacial score (nSPS) is 21.5. The quantitative estimate of drug-likeness (QED) is 0.162. The van der Waals surface area contributed by atoms with Gasteiger partial charge < -0.3 is 44.1 Å². The lowest BCUT2D eigenvalue weighted by Gasteiger charge is -2.42. The van der Waals surface area contributed by atoms with Crippen LogP contribution in [0.1, 0.15) is 77.3 Å². The SMILES string of the molecule is CCn1c(-c2cccnc2[C@H](C)OC)c2c3cc(ccc31)-c1cc(O)cc(c1)C[C@H](NC(=O)[C@H](C(C)C)N(C)C(=O)N1CC(OC)C1)C(=O)N1CCC[C@@](O)(N1)C(=O)OCC(C)(C)C2. The van der Waals surface area contributed by atoms with Crippen molar-refractivity contribution in [1.29, 1.82) is 0 Å². The number of hydrogen-bond acceptors (Lipinski definition) is 11. The van der Waals surface area contributed by atoms with Crippen molar-refractivity contribution in [2.24, 2.45) is 11.3 Å². The molecule has 2 saturated heterocycles. The molecule has 2 aromatic heterocycles. The molecule has 0 unspecified atom stereocenters. The number of phenolic OH excluding ortho intramolecular Hbond substituents is 1. The number of phenols is 1. The third-order valence-electron chi connectivity index (χ3n) is 12.8. The molecular formula is C48H63N7O9. The molecule has 3 aliphatic heterocycles. The van der Waals surface area contributed by atoms with Crippen molar-refractivity contribution in [2.45, 2.75) is 104 Å². The summed E-state index contributed by atoms with van der Waals surface area (Å²) in [5, 5.41) is 28.2. The lowest BCUT2D eigenvalue weighted by molar-refractivity contribution is -0.189. The van der Waals surface area contributed by atoms with Crippen LogP contribution in [0, 0.1) is 11.3 Å². The second-order valence-electron chi connectivity index (χ2n) is 18.6. The smallest absolute Gasteiger partial charge is 0.355 e. The maximum absolute atomic E-state index is 14.7. The number of carbonyl (C=O) groups excluding carboxylic acids is 4. The van der Waals surface area contributed by atoms with Gasteiger partial charge in [-0.3, -0.25) is 19.6 Å². The van der Waals surface area contributed by atoms with E-state index in [4.69, 9.17) is 19.2 Å². The monoisotopic (exact) mass is 881 g/mol. The summed E-state index contributed by atoms with van der Waals surface area (Å²) < 4.78 is 19.3. The average Bonchev–Trinajstić information content (AvgIpc) is 3.54. The minimum Gasteiger partial charge on any atom is -0.508 e. The van der Waals surface area contributed by atoms with Crippen LogP contribution in [-0.4, -0.2) is 130 Å². The fraction of sp³-hybridized carbons (Fsp3) is 0.521.